The Kier molecular flexibility index (Phi) is 18.2. The minimum atomic E-state index is -1.58. The van der Waals surface area contributed by atoms with Gasteiger partial charge in [0.05, 0.1) is 34.2 Å². The van der Waals surface area contributed by atoms with Crippen molar-refractivity contribution in [1.82, 2.24) is 0 Å². The molecule has 7 heteroatoms. The van der Waals surface area contributed by atoms with Crippen LogP contribution in [-0.4, -0.2) is 33.9 Å². The molecular formula is C20H40O7. The van der Waals surface area contributed by atoms with Gasteiger partial charge in [-0.1, -0.05) is 58.4 Å². The molecule has 0 aromatic rings. The van der Waals surface area contributed by atoms with E-state index >= 15 is 0 Å². The molecule has 0 aliphatic heterocycles. The maximum absolute atomic E-state index is 5.49. The molecule has 7 nitrogen and oxygen atoms in total. The summed E-state index contributed by atoms with van der Waals surface area (Å²) in [6.45, 7) is 4.89. The lowest BCUT2D eigenvalue weighted by atomic mass is 9.93. The highest BCUT2D eigenvalue weighted by Crippen LogP contribution is 2.34. The minimum absolute atomic E-state index is 0.151. The molecule has 0 bridgehead atoms. The Bertz CT molecular complexity index is 319. The van der Waals surface area contributed by atoms with Crippen LogP contribution in [0.3, 0.4) is 0 Å². The molecule has 0 aliphatic carbocycles. The summed E-state index contributed by atoms with van der Waals surface area (Å²) in [5, 5.41) is 0. The first-order valence-corrected chi connectivity index (χ1v) is 10.1. The number of hydrogen-bond acceptors (Lipinski definition) is 7. The first kappa shape index (κ1) is 26.3. The maximum atomic E-state index is 5.49. The molecule has 1 atom stereocenters. The molecule has 0 spiro atoms. The molecule has 0 aliphatic rings. The molecule has 0 saturated carbocycles. The van der Waals surface area contributed by atoms with E-state index in [1.807, 2.05) is 6.08 Å². The van der Waals surface area contributed by atoms with E-state index in [1.165, 1.54) is 47.0 Å². The fourth-order valence-electron chi connectivity index (χ4n) is 2.91. The Hall–Kier alpha value is -0.700. The molecule has 0 aromatic carbocycles. The summed E-state index contributed by atoms with van der Waals surface area (Å²) < 4.78 is 5.49. The summed E-state index contributed by atoms with van der Waals surface area (Å²) in [6, 6.07) is 0. The van der Waals surface area contributed by atoms with Gasteiger partial charge in [-0.15, -0.1) is 0 Å². The lowest BCUT2D eigenvalue weighted by Crippen LogP contribution is -2.46. The fourth-order valence-corrected chi connectivity index (χ4v) is 2.91. The second-order valence-corrected chi connectivity index (χ2v) is 6.40. The largest absolute Gasteiger partial charge is 0.502 e. The van der Waals surface area contributed by atoms with Gasteiger partial charge in [0.25, 0.3) is 0 Å². The topological polar surface area (TPSA) is 64.6 Å². The molecule has 0 saturated heterocycles. The highest BCUT2D eigenvalue weighted by Gasteiger charge is 2.46. The van der Waals surface area contributed by atoms with Crippen molar-refractivity contribution in [2.75, 3.05) is 27.9 Å². The normalized spacial score (nSPS) is 13.4. The van der Waals surface area contributed by atoms with Crippen LogP contribution in [-0.2, 0) is 34.1 Å². The Labute approximate surface area is 165 Å². The van der Waals surface area contributed by atoms with Crippen molar-refractivity contribution < 1.29 is 34.1 Å². The number of ether oxygens (including phenoxy) is 1. The first-order chi connectivity index (χ1) is 13.2. The maximum Gasteiger partial charge on any atom is 0.368 e. The Balaban J connectivity index is 4.78. The molecule has 0 N–H and O–H groups in total. The van der Waals surface area contributed by atoms with Gasteiger partial charge >= 0.3 is 5.97 Å². The van der Waals surface area contributed by atoms with E-state index in [1.54, 1.807) is 6.26 Å². The number of allylic oxidation sites excluding steroid dienone is 1. The van der Waals surface area contributed by atoms with Gasteiger partial charge in [-0.25, -0.2) is 14.7 Å². The van der Waals surface area contributed by atoms with E-state index in [4.69, 9.17) is 34.1 Å². The van der Waals surface area contributed by atoms with Gasteiger partial charge in [-0.3, -0.25) is 0 Å². The SMILES string of the molecule is CCC=COCCCC(CCCCCCCC)C(OOC)(OOC)OOC. The van der Waals surface area contributed by atoms with Crippen LogP contribution in [0.4, 0.5) is 0 Å². The van der Waals surface area contributed by atoms with Gasteiger partial charge in [0.15, 0.2) is 0 Å². The van der Waals surface area contributed by atoms with Crippen LogP contribution in [0.2, 0.25) is 0 Å². The van der Waals surface area contributed by atoms with Gasteiger partial charge in [0.2, 0.25) is 0 Å². The Morgan fingerprint density at radius 1 is 0.741 bits per heavy atom. The summed E-state index contributed by atoms with van der Waals surface area (Å²) in [4.78, 5) is 30.5. The van der Waals surface area contributed by atoms with Gasteiger partial charge < -0.3 is 4.74 Å². The zero-order chi connectivity index (χ0) is 20.2. The number of hydrogen-bond donors (Lipinski definition) is 0. The van der Waals surface area contributed by atoms with Crippen molar-refractivity contribution in [3.8, 4) is 0 Å². The number of unbranched alkanes of at least 4 members (excludes halogenated alkanes) is 5. The fraction of sp³-hybridized carbons (Fsp3) is 0.900. The lowest BCUT2D eigenvalue weighted by Gasteiger charge is -2.34. The summed E-state index contributed by atoms with van der Waals surface area (Å²) in [5.74, 6) is -1.73. The van der Waals surface area contributed by atoms with Crippen molar-refractivity contribution in [3.05, 3.63) is 12.3 Å². The number of rotatable bonds is 20. The second kappa shape index (κ2) is 18.7. The van der Waals surface area contributed by atoms with Crippen LogP contribution in [0.5, 0.6) is 0 Å². The van der Waals surface area contributed by atoms with Crippen LogP contribution in [0, 0.1) is 5.92 Å². The predicted molar refractivity (Wildman–Crippen MR) is 103 cm³/mol. The molecule has 1 unspecified atom stereocenters. The van der Waals surface area contributed by atoms with Crippen LogP contribution in [0.15, 0.2) is 12.3 Å². The molecule has 0 radical (unpaired) electrons. The van der Waals surface area contributed by atoms with E-state index in [-0.39, 0.29) is 5.92 Å². The van der Waals surface area contributed by atoms with Crippen LogP contribution < -0.4 is 0 Å². The third kappa shape index (κ3) is 12.4. The van der Waals surface area contributed by atoms with Crippen molar-refractivity contribution >= 4 is 0 Å². The van der Waals surface area contributed by atoms with Crippen molar-refractivity contribution in [3.63, 3.8) is 0 Å². The van der Waals surface area contributed by atoms with E-state index < -0.39 is 5.97 Å². The zero-order valence-electron chi connectivity index (χ0n) is 17.9. The highest BCUT2D eigenvalue weighted by molar-refractivity contribution is 4.72. The standard InChI is InChI=1S/C20H40O7/c1-6-8-10-11-12-13-15-19(16-14-18-24-17-9-7-2)20(25-21-3,26-22-4)27-23-5/h9,17,19H,6-8,10-16,18H2,1-5H3. The van der Waals surface area contributed by atoms with Crippen LogP contribution >= 0.6 is 0 Å². The molecule has 0 aromatic heterocycles. The smallest absolute Gasteiger partial charge is 0.368 e. The molecule has 0 amide bonds. The average Bonchev–Trinajstić information content (AvgIpc) is 2.66. The summed E-state index contributed by atoms with van der Waals surface area (Å²) in [6.07, 6.45) is 14.2. The van der Waals surface area contributed by atoms with E-state index in [0.29, 0.717) is 6.61 Å². The summed E-state index contributed by atoms with van der Waals surface area (Å²) in [7, 11) is 4.19. The van der Waals surface area contributed by atoms with Crippen molar-refractivity contribution in [2.24, 2.45) is 5.92 Å². The predicted octanol–water partition coefficient (Wildman–Crippen LogP) is 5.46. The molecule has 0 heterocycles. The second-order valence-electron chi connectivity index (χ2n) is 6.40. The lowest BCUT2D eigenvalue weighted by molar-refractivity contribution is -0.635. The monoisotopic (exact) mass is 392 g/mol. The third-order valence-corrected chi connectivity index (χ3v) is 4.25. The molecule has 0 rings (SSSR count). The molecule has 162 valence electrons. The van der Waals surface area contributed by atoms with E-state index in [0.717, 1.165) is 38.5 Å². The van der Waals surface area contributed by atoms with Crippen molar-refractivity contribution in [2.45, 2.75) is 84.0 Å². The van der Waals surface area contributed by atoms with Gasteiger partial charge in [-0.05, 0) is 25.7 Å². The quantitative estimate of drug-likeness (QED) is 0.0896. The Morgan fingerprint density at radius 3 is 1.85 bits per heavy atom. The highest BCUT2D eigenvalue weighted by atomic mass is 17.4. The molecular weight excluding hydrogens is 352 g/mol. The summed E-state index contributed by atoms with van der Waals surface area (Å²) >= 11 is 0. The van der Waals surface area contributed by atoms with Gasteiger partial charge in [0, 0.05) is 5.92 Å². The van der Waals surface area contributed by atoms with Gasteiger partial charge in [-0.2, -0.15) is 14.7 Å². The van der Waals surface area contributed by atoms with E-state index in [9.17, 15) is 0 Å². The zero-order valence-corrected chi connectivity index (χ0v) is 17.9. The van der Waals surface area contributed by atoms with Gasteiger partial charge in [0.1, 0.15) is 0 Å². The van der Waals surface area contributed by atoms with Crippen LogP contribution in [0.25, 0.3) is 0 Å². The average molecular weight is 393 g/mol. The molecule has 27 heavy (non-hydrogen) atoms. The van der Waals surface area contributed by atoms with E-state index in [2.05, 4.69) is 13.8 Å². The Morgan fingerprint density at radius 2 is 1.30 bits per heavy atom. The van der Waals surface area contributed by atoms with Crippen LogP contribution in [0.1, 0.15) is 78.1 Å². The third-order valence-electron chi connectivity index (χ3n) is 4.25. The van der Waals surface area contributed by atoms with Crippen molar-refractivity contribution in [1.29, 1.82) is 0 Å². The first-order valence-electron chi connectivity index (χ1n) is 10.1. The minimum Gasteiger partial charge on any atom is -0.502 e. The summed E-state index contributed by atoms with van der Waals surface area (Å²) in [5.41, 5.74) is 0. The molecule has 0 fully saturated rings.